The molecule has 3 aliphatic rings. The minimum Gasteiger partial charge on any atom is -0.381 e. The number of carbonyl (C=O) groups excluding carboxylic acids is 1. The number of hydrogen-bond donors (Lipinski definition) is 2. The van der Waals surface area contributed by atoms with Crippen LogP contribution in [0.15, 0.2) is 0 Å². The van der Waals surface area contributed by atoms with Crippen LogP contribution in [0.5, 0.6) is 0 Å². The van der Waals surface area contributed by atoms with E-state index in [9.17, 15) is 4.79 Å². The van der Waals surface area contributed by atoms with Gasteiger partial charge in [-0.15, -0.1) is 0 Å². The summed E-state index contributed by atoms with van der Waals surface area (Å²) in [4.78, 5) is 12.1. The Labute approximate surface area is 126 Å². The van der Waals surface area contributed by atoms with E-state index < -0.39 is 5.54 Å². The quantitative estimate of drug-likeness (QED) is 0.744. The van der Waals surface area contributed by atoms with Gasteiger partial charge in [-0.2, -0.15) is 0 Å². The summed E-state index contributed by atoms with van der Waals surface area (Å²) in [5.41, 5.74) is 5.28. The summed E-state index contributed by atoms with van der Waals surface area (Å²) >= 11 is 0. The first-order valence-electron chi connectivity index (χ1n) is 8.47. The Kier molecular flexibility index (Phi) is 4.82. The summed E-state index contributed by atoms with van der Waals surface area (Å²) in [6.45, 7) is 2.35. The Bertz CT molecular complexity index is 367. The molecular weight excluding hydrogens is 268 g/mol. The third-order valence-electron chi connectivity index (χ3n) is 5.29. The first kappa shape index (κ1) is 15.3. The molecule has 0 aromatic heterocycles. The third kappa shape index (κ3) is 3.58. The van der Waals surface area contributed by atoms with E-state index in [2.05, 4.69) is 5.32 Å². The molecule has 5 heteroatoms. The highest BCUT2D eigenvalue weighted by atomic mass is 16.5. The molecule has 0 radical (unpaired) electrons. The lowest BCUT2D eigenvalue weighted by Crippen LogP contribution is -2.58. The van der Waals surface area contributed by atoms with E-state index in [0.717, 1.165) is 58.3 Å². The fourth-order valence-corrected chi connectivity index (χ4v) is 3.87. The summed E-state index contributed by atoms with van der Waals surface area (Å²) in [6, 6.07) is 0.509. The molecule has 2 unspecified atom stereocenters. The number of amides is 1. The van der Waals surface area contributed by atoms with Gasteiger partial charge in [0.2, 0.25) is 5.91 Å². The first-order valence-corrected chi connectivity index (χ1v) is 8.47. The van der Waals surface area contributed by atoms with E-state index in [0.29, 0.717) is 18.1 Å². The zero-order chi connectivity index (χ0) is 14.7. The number of carbonyl (C=O) groups is 1. The van der Waals surface area contributed by atoms with E-state index in [1.54, 1.807) is 0 Å². The fraction of sp³-hybridized carbons (Fsp3) is 0.938. The van der Waals surface area contributed by atoms with Crippen molar-refractivity contribution in [2.75, 3.05) is 19.8 Å². The van der Waals surface area contributed by atoms with Crippen LogP contribution in [-0.4, -0.2) is 43.4 Å². The predicted molar refractivity (Wildman–Crippen MR) is 79.8 cm³/mol. The highest BCUT2D eigenvalue weighted by Gasteiger charge is 2.49. The Hall–Kier alpha value is -0.650. The molecule has 2 atom stereocenters. The van der Waals surface area contributed by atoms with Crippen LogP contribution in [0.3, 0.4) is 0 Å². The average Bonchev–Trinajstić information content (AvgIpc) is 3.20. The maximum Gasteiger partial charge on any atom is 0.238 e. The summed E-state index contributed by atoms with van der Waals surface area (Å²) in [6.07, 6.45) is 8.67. The van der Waals surface area contributed by atoms with Crippen LogP contribution < -0.4 is 11.1 Å². The van der Waals surface area contributed by atoms with E-state index in [4.69, 9.17) is 15.2 Å². The molecule has 1 heterocycles. The molecule has 0 aromatic carbocycles. The molecule has 120 valence electrons. The van der Waals surface area contributed by atoms with Crippen molar-refractivity contribution in [2.45, 2.75) is 69.1 Å². The molecule has 1 aliphatic heterocycles. The third-order valence-corrected chi connectivity index (χ3v) is 5.29. The molecule has 3 fully saturated rings. The summed E-state index contributed by atoms with van der Waals surface area (Å²) < 4.78 is 11.3. The number of nitrogens with one attached hydrogen (secondary N) is 1. The zero-order valence-corrected chi connectivity index (χ0v) is 12.8. The highest BCUT2D eigenvalue weighted by Crippen LogP contribution is 2.40. The second-order valence-corrected chi connectivity index (χ2v) is 6.81. The molecule has 3 rings (SSSR count). The van der Waals surface area contributed by atoms with Crippen LogP contribution in [0.2, 0.25) is 0 Å². The normalized spacial score (nSPS) is 34.2. The minimum absolute atomic E-state index is 0.164. The number of ether oxygens (including phenoxy) is 2. The van der Waals surface area contributed by atoms with E-state index in [-0.39, 0.29) is 5.91 Å². The lowest BCUT2D eigenvalue weighted by atomic mass is 9.84. The van der Waals surface area contributed by atoms with Gasteiger partial charge >= 0.3 is 0 Å². The fourth-order valence-electron chi connectivity index (χ4n) is 3.87. The number of primary amides is 1. The molecule has 0 bridgehead atoms. The van der Waals surface area contributed by atoms with Crippen molar-refractivity contribution in [3.05, 3.63) is 0 Å². The van der Waals surface area contributed by atoms with Gasteiger partial charge in [-0.05, 0) is 50.9 Å². The van der Waals surface area contributed by atoms with Crippen molar-refractivity contribution in [1.82, 2.24) is 5.32 Å². The average molecular weight is 296 g/mol. The van der Waals surface area contributed by atoms with Crippen LogP contribution in [-0.2, 0) is 14.3 Å². The molecule has 21 heavy (non-hydrogen) atoms. The van der Waals surface area contributed by atoms with Gasteiger partial charge < -0.3 is 20.5 Å². The monoisotopic (exact) mass is 296 g/mol. The van der Waals surface area contributed by atoms with Crippen LogP contribution in [0, 0.1) is 5.92 Å². The second kappa shape index (κ2) is 6.63. The van der Waals surface area contributed by atoms with Gasteiger partial charge in [-0.3, -0.25) is 4.79 Å². The van der Waals surface area contributed by atoms with Gasteiger partial charge in [0, 0.05) is 25.9 Å². The van der Waals surface area contributed by atoms with Gasteiger partial charge in [0.15, 0.2) is 0 Å². The lowest BCUT2D eigenvalue weighted by molar-refractivity contribution is -0.126. The molecular formula is C16H28N2O3. The standard InChI is InChI=1S/C16H28N2O3/c17-15(19)16(18-13-3-4-13)8-1-2-12(16)5-11-21-14-6-9-20-10-7-14/h12-14,18H,1-11H2,(H2,17,19). The van der Waals surface area contributed by atoms with Gasteiger partial charge in [0.25, 0.3) is 0 Å². The highest BCUT2D eigenvalue weighted by molar-refractivity contribution is 5.85. The molecule has 1 amide bonds. The zero-order valence-electron chi connectivity index (χ0n) is 12.8. The lowest BCUT2D eigenvalue weighted by Gasteiger charge is -2.34. The Morgan fingerprint density at radius 2 is 2.00 bits per heavy atom. The largest absolute Gasteiger partial charge is 0.381 e. The molecule has 2 saturated carbocycles. The van der Waals surface area contributed by atoms with E-state index in [1.165, 1.54) is 12.8 Å². The molecule has 1 saturated heterocycles. The summed E-state index contributed by atoms with van der Waals surface area (Å²) in [5, 5.41) is 3.55. The first-order chi connectivity index (χ1) is 10.2. The van der Waals surface area contributed by atoms with Crippen molar-refractivity contribution >= 4 is 5.91 Å². The number of rotatable bonds is 7. The molecule has 5 nitrogen and oxygen atoms in total. The molecule has 0 aromatic rings. The Morgan fingerprint density at radius 3 is 2.67 bits per heavy atom. The summed E-state index contributed by atoms with van der Waals surface area (Å²) in [5.74, 6) is 0.165. The van der Waals surface area contributed by atoms with Crippen molar-refractivity contribution in [3.63, 3.8) is 0 Å². The van der Waals surface area contributed by atoms with Crippen LogP contribution >= 0.6 is 0 Å². The summed E-state index contributed by atoms with van der Waals surface area (Å²) in [7, 11) is 0. The maximum atomic E-state index is 12.1. The van der Waals surface area contributed by atoms with E-state index in [1.807, 2.05) is 0 Å². The second-order valence-electron chi connectivity index (χ2n) is 6.81. The van der Waals surface area contributed by atoms with Gasteiger partial charge in [-0.1, -0.05) is 6.42 Å². The number of hydrogen-bond acceptors (Lipinski definition) is 4. The predicted octanol–water partition coefficient (Wildman–Crippen LogP) is 1.35. The topological polar surface area (TPSA) is 73.6 Å². The molecule has 2 aliphatic carbocycles. The van der Waals surface area contributed by atoms with Crippen LogP contribution in [0.1, 0.15) is 51.4 Å². The van der Waals surface area contributed by atoms with Crippen LogP contribution in [0.4, 0.5) is 0 Å². The Balaban J connectivity index is 1.51. The Morgan fingerprint density at radius 1 is 1.24 bits per heavy atom. The van der Waals surface area contributed by atoms with Crippen molar-refractivity contribution in [3.8, 4) is 0 Å². The van der Waals surface area contributed by atoms with E-state index >= 15 is 0 Å². The maximum absolute atomic E-state index is 12.1. The van der Waals surface area contributed by atoms with Gasteiger partial charge in [-0.25, -0.2) is 0 Å². The van der Waals surface area contributed by atoms with Crippen molar-refractivity contribution < 1.29 is 14.3 Å². The SMILES string of the molecule is NC(=O)C1(NC2CC2)CCCC1CCOC1CCOCC1. The van der Waals surface area contributed by atoms with Crippen LogP contribution in [0.25, 0.3) is 0 Å². The smallest absolute Gasteiger partial charge is 0.238 e. The number of nitrogens with two attached hydrogens (primary N) is 1. The molecule has 0 spiro atoms. The molecule has 3 N–H and O–H groups in total. The van der Waals surface area contributed by atoms with Crippen molar-refractivity contribution in [1.29, 1.82) is 0 Å². The van der Waals surface area contributed by atoms with Gasteiger partial charge in [0.1, 0.15) is 5.54 Å². The van der Waals surface area contributed by atoms with Crippen molar-refractivity contribution in [2.24, 2.45) is 11.7 Å². The van der Waals surface area contributed by atoms with Gasteiger partial charge in [0.05, 0.1) is 6.10 Å². The minimum atomic E-state index is -0.472.